The number of hydrogen-bond donors (Lipinski definition) is 2. The lowest BCUT2D eigenvalue weighted by atomic mass is 10.1. The molecule has 0 bridgehead atoms. The van der Waals surface area contributed by atoms with Crippen molar-refractivity contribution < 1.29 is 4.79 Å². The fourth-order valence-electron chi connectivity index (χ4n) is 3.36. The first-order valence-electron chi connectivity index (χ1n) is 9.93. The van der Waals surface area contributed by atoms with Crippen molar-refractivity contribution in [3.05, 3.63) is 102 Å². The Kier molecular flexibility index (Phi) is 5.17. The number of urea groups is 1. The average molecular weight is 422 g/mol. The number of hydrogen-bond acceptors (Lipinski definition) is 3. The molecule has 0 saturated carbocycles. The zero-order chi connectivity index (χ0) is 21.0. The second kappa shape index (κ2) is 8.42. The van der Waals surface area contributed by atoms with Gasteiger partial charge in [-0.3, -0.25) is 0 Å². The molecule has 31 heavy (non-hydrogen) atoms. The van der Waals surface area contributed by atoms with Gasteiger partial charge >= 0.3 is 6.03 Å². The third kappa shape index (κ3) is 4.47. The number of para-hydroxylation sites is 1. The molecule has 1 aromatic heterocycles. The monoisotopic (exact) mass is 421 g/mol. The van der Waals surface area contributed by atoms with Gasteiger partial charge in [0, 0.05) is 11.4 Å². The first kappa shape index (κ1) is 19.0. The number of fused-ring (bicyclic) bond motifs is 2. The van der Waals surface area contributed by atoms with Crippen LogP contribution in [0, 0.1) is 0 Å². The lowest BCUT2D eigenvalue weighted by Gasteiger charge is -2.07. The minimum Gasteiger partial charge on any atom is -0.308 e. The Morgan fingerprint density at radius 2 is 1.39 bits per heavy atom. The van der Waals surface area contributed by atoms with E-state index in [1.54, 1.807) is 11.3 Å². The van der Waals surface area contributed by atoms with Crippen LogP contribution in [0.5, 0.6) is 0 Å². The summed E-state index contributed by atoms with van der Waals surface area (Å²) < 4.78 is 1.18. The summed E-state index contributed by atoms with van der Waals surface area (Å²) in [6.07, 6.45) is 4.06. The predicted molar refractivity (Wildman–Crippen MR) is 132 cm³/mol. The first-order valence-corrected chi connectivity index (χ1v) is 10.8. The maximum Gasteiger partial charge on any atom is 0.323 e. The molecule has 5 rings (SSSR count). The van der Waals surface area contributed by atoms with Gasteiger partial charge in [0.25, 0.3) is 0 Å². The van der Waals surface area contributed by atoms with Gasteiger partial charge in [0.15, 0.2) is 0 Å². The van der Waals surface area contributed by atoms with Crippen molar-refractivity contribution in [2.24, 2.45) is 0 Å². The quantitative estimate of drug-likeness (QED) is 0.321. The zero-order valence-electron chi connectivity index (χ0n) is 16.6. The summed E-state index contributed by atoms with van der Waals surface area (Å²) in [7, 11) is 0. The Balaban J connectivity index is 1.27. The van der Waals surface area contributed by atoms with Crippen molar-refractivity contribution in [1.29, 1.82) is 0 Å². The highest BCUT2D eigenvalue weighted by Gasteiger charge is 2.04. The first-order chi connectivity index (χ1) is 15.2. The van der Waals surface area contributed by atoms with Crippen LogP contribution in [0.3, 0.4) is 0 Å². The fraction of sp³-hybridized carbons (Fsp3) is 0. The highest BCUT2D eigenvalue weighted by Crippen LogP contribution is 2.28. The molecule has 5 heteroatoms. The van der Waals surface area contributed by atoms with Crippen LogP contribution in [-0.4, -0.2) is 11.0 Å². The van der Waals surface area contributed by atoms with E-state index in [2.05, 4.69) is 41.0 Å². The topological polar surface area (TPSA) is 54.0 Å². The molecule has 5 aromatic rings. The minimum absolute atomic E-state index is 0.267. The van der Waals surface area contributed by atoms with Gasteiger partial charge in [0.05, 0.1) is 10.2 Å². The van der Waals surface area contributed by atoms with Crippen molar-refractivity contribution in [1.82, 2.24) is 4.98 Å². The number of carbonyl (C=O) groups is 1. The van der Waals surface area contributed by atoms with Crippen molar-refractivity contribution in [3.8, 4) is 0 Å². The number of amides is 2. The van der Waals surface area contributed by atoms with E-state index in [0.29, 0.717) is 0 Å². The van der Waals surface area contributed by atoms with Crippen LogP contribution in [0.1, 0.15) is 10.6 Å². The normalized spacial score (nSPS) is 11.2. The van der Waals surface area contributed by atoms with E-state index in [-0.39, 0.29) is 6.03 Å². The predicted octanol–water partition coefficient (Wildman–Crippen LogP) is 7.26. The van der Waals surface area contributed by atoms with Crippen LogP contribution in [-0.2, 0) is 0 Å². The molecule has 1 heterocycles. The molecule has 0 aliphatic carbocycles. The number of nitrogens with one attached hydrogen (secondary N) is 2. The summed E-state index contributed by atoms with van der Waals surface area (Å²) in [6.45, 7) is 0. The smallest absolute Gasteiger partial charge is 0.308 e. The standard InChI is InChI=1S/C26H19N3OS/c30-26(27-21-8-2-1-3-9-21)28-22-13-10-18(11-14-22)12-15-25-29-23-16-19-6-4-5-7-20(19)17-24(23)31-25/h1-17H,(H2,27,28,30). The number of rotatable bonds is 4. The van der Waals surface area contributed by atoms with E-state index in [1.807, 2.05) is 72.8 Å². The van der Waals surface area contributed by atoms with Gasteiger partial charge in [0.1, 0.15) is 5.01 Å². The molecule has 2 N–H and O–H groups in total. The van der Waals surface area contributed by atoms with Gasteiger partial charge in [-0.25, -0.2) is 9.78 Å². The molecule has 2 amide bonds. The molecule has 0 radical (unpaired) electrons. The largest absolute Gasteiger partial charge is 0.323 e. The van der Waals surface area contributed by atoms with E-state index >= 15 is 0 Å². The molecule has 0 fully saturated rings. The zero-order valence-corrected chi connectivity index (χ0v) is 17.4. The molecule has 0 atom stereocenters. The molecular weight excluding hydrogens is 402 g/mol. The number of anilines is 2. The molecule has 0 unspecified atom stereocenters. The van der Waals surface area contributed by atoms with Crippen LogP contribution in [0.15, 0.2) is 91.0 Å². The Morgan fingerprint density at radius 3 is 2.13 bits per heavy atom. The van der Waals surface area contributed by atoms with E-state index in [4.69, 9.17) is 4.98 Å². The van der Waals surface area contributed by atoms with Crippen molar-refractivity contribution in [2.45, 2.75) is 0 Å². The summed E-state index contributed by atoms with van der Waals surface area (Å²) in [4.78, 5) is 16.8. The maximum absolute atomic E-state index is 12.1. The van der Waals surface area contributed by atoms with Crippen LogP contribution in [0.25, 0.3) is 33.1 Å². The number of thiazole rings is 1. The second-order valence-electron chi connectivity index (χ2n) is 7.12. The van der Waals surface area contributed by atoms with Crippen molar-refractivity contribution in [2.75, 3.05) is 10.6 Å². The lowest BCUT2D eigenvalue weighted by Crippen LogP contribution is -2.19. The van der Waals surface area contributed by atoms with Crippen molar-refractivity contribution >= 4 is 61.9 Å². The van der Waals surface area contributed by atoms with E-state index in [1.165, 1.54) is 15.5 Å². The SMILES string of the molecule is O=C(Nc1ccccc1)Nc1ccc(C=Cc2nc3cc4ccccc4cc3s2)cc1. The van der Waals surface area contributed by atoms with Crippen LogP contribution >= 0.6 is 11.3 Å². The third-order valence-electron chi connectivity index (χ3n) is 4.89. The van der Waals surface area contributed by atoms with Crippen LogP contribution in [0.2, 0.25) is 0 Å². The Hall–Kier alpha value is -3.96. The van der Waals surface area contributed by atoms with Gasteiger partial charge in [0.2, 0.25) is 0 Å². The summed E-state index contributed by atoms with van der Waals surface area (Å²) in [5.41, 5.74) is 3.55. The number of carbonyl (C=O) groups excluding carboxylic acids is 1. The molecule has 0 aliphatic heterocycles. The number of nitrogens with zero attached hydrogens (tertiary/aromatic N) is 1. The highest BCUT2D eigenvalue weighted by molar-refractivity contribution is 7.19. The van der Waals surface area contributed by atoms with Gasteiger partial charge < -0.3 is 10.6 Å². The van der Waals surface area contributed by atoms with Gasteiger partial charge in [-0.1, -0.05) is 60.7 Å². The van der Waals surface area contributed by atoms with Gasteiger partial charge in [-0.2, -0.15) is 0 Å². The molecule has 4 nitrogen and oxygen atoms in total. The maximum atomic E-state index is 12.1. The molecule has 0 aliphatic rings. The lowest BCUT2D eigenvalue weighted by molar-refractivity contribution is 0.262. The van der Waals surface area contributed by atoms with Crippen LogP contribution < -0.4 is 10.6 Å². The summed E-state index contributed by atoms with van der Waals surface area (Å²) in [6, 6.07) is 29.5. The Bertz CT molecular complexity index is 1340. The second-order valence-corrected chi connectivity index (χ2v) is 8.18. The van der Waals surface area contributed by atoms with Gasteiger partial charge in [-0.15, -0.1) is 11.3 Å². The van der Waals surface area contributed by atoms with E-state index < -0.39 is 0 Å². The summed E-state index contributed by atoms with van der Waals surface area (Å²) in [5, 5.41) is 9.05. The van der Waals surface area contributed by atoms with E-state index in [0.717, 1.165) is 27.5 Å². The number of aromatic nitrogens is 1. The molecule has 0 saturated heterocycles. The summed E-state index contributed by atoms with van der Waals surface area (Å²) >= 11 is 1.68. The molecule has 150 valence electrons. The van der Waals surface area contributed by atoms with E-state index in [9.17, 15) is 4.79 Å². The average Bonchev–Trinajstić information content (AvgIpc) is 3.19. The Morgan fingerprint density at radius 1 is 0.742 bits per heavy atom. The molecule has 0 spiro atoms. The minimum atomic E-state index is -0.267. The fourth-order valence-corrected chi connectivity index (χ4v) is 4.26. The van der Waals surface area contributed by atoms with Gasteiger partial charge in [-0.05, 0) is 58.8 Å². The molecule has 4 aromatic carbocycles. The highest BCUT2D eigenvalue weighted by atomic mass is 32.1. The Labute approximate surface area is 183 Å². The summed E-state index contributed by atoms with van der Waals surface area (Å²) in [5.74, 6) is 0. The molecular formula is C26H19N3OS. The van der Waals surface area contributed by atoms with Crippen molar-refractivity contribution in [3.63, 3.8) is 0 Å². The van der Waals surface area contributed by atoms with Crippen LogP contribution in [0.4, 0.5) is 16.2 Å². The third-order valence-corrected chi connectivity index (χ3v) is 5.87. The number of benzene rings is 4.